The summed E-state index contributed by atoms with van der Waals surface area (Å²) in [6.07, 6.45) is 0. The third kappa shape index (κ3) is 1.06. The number of rotatable bonds is 0. The van der Waals surface area contributed by atoms with Gasteiger partial charge in [-0.2, -0.15) is 0 Å². The van der Waals surface area contributed by atoms with Crippen LogP contribution in [0.5, 0.6) is 0 Å². The van der Waals surface area contributed by atoms with Gasteiger partial charge in [0, 0.05) is 7.05 Å². The highest BCUT2D eigenvalue weighted by Crippen LogP contribution is 2.10. The van der Waals surface area contributed by atoms with E-state index >= 15 is 0 Å². The van der Waals surface area contributed by atoms with Crippen LogP contribution in [0, 0.1) is 5.82 Å². The maximum Gasteiger partial charge on any atom is 0.328 e. The predicted octanol–water partition coefficient (Wildman–Crippen LogP) is 0.366. The second-order valence-electron chi connectivity index (χ2n) is 2.95. The summed E-state index contributed by atoms with van der Waals surface area (Å²) in [4.78, 5) is 24.4. The fourth-order valence-electron chi connectivity index (χ4n) is 1.37. The number of aromatic nitrogens is 2. The van der Waals surface area contributed by atoms with Crippen molar-refractivity contribution in [1.29, 1.82) is 0 Å². The fourth-order valence-corrected chi connectivity index (χ4v) is 1.37. The van der Waals surface area contributed by atoms with Crippen molar-refractivity contribution in [1.82, 2.24) is 9.55 Å². The predicted molar refractivity (Wildman–Crippen MR) is 49.8 cm³/mol. The number of aromatic amines is 1. The Kier molecular flexibility index (Phi) is 1.73. The van der Waals surface area contributed by atoms with E-state index in [0.29, 0.717) is 5.52 Å². The van der Waals surface area contributed by atoms with E-state index in [-0.39, 0.29) is 5.39 Å². The second kappa shape index (κ2) is 2.80. The third-order valence-electron chi connectivity index (χ3n) is 2.11. The van der Waals surface area contributed by atoms with Crippen molar-refractivity contribution in [2.75, 3.05) is 0 Å². The van der Waals surface area contributed by atoms with E-state index in [1.165, 1.54) is 29.8 Å². The first kappa shape index (κ1) is 8.68. The highest BCUT2D eigenvalue weighted by Gasteiger charge is 2.07. The molecule has 0 aliphatic carbocycles. The minimum atomic E-state index is -0.693. The number of halogens is 1. The number of aryl methyl sites for hydroxylation is 1. The first-order valence-electron chi connectivity index (χ1n) is 3.99. The Morgan fingerprint density at radius 3 is 2.79 bits per heavy atom. The van der Waals surface area contributed by atoms with Gasteiger partial charge in [-0.1, -0.05) is 6.07 Å². The number of nitrogens with zero attached hydrogens (tertiary/aromatic N) is 1. The van der Waals surface area contributed by atoms with Gasteiger partial charge in [0.05, 0.1) is 10.9 Å². The molecule has 72 valence electrons. The standard InChI is InChI=1S/C9H7FN2O2/c1-12-6-4-2-3-5(10)7(6)8(13)11-9(12)14/h2-4H,1H3,(H,11,13,14). The van der Waals surface area contributed by atoms with Crippen LogP contribution < -0.4 is 11.2 Å². The maximum atomic E-state index is 13.2. The van der Waals surface area contributed by atoms with Crippen LogP contribution in [-0.2, 0) is 7.05 Å². The zero-order chi connectivity index (χ0) is 10.3. The molecule has 1 N–H and O–H groups in total. The van der Waals surface area contributed by atoms with Crippen LogP contribution in [0.3, 0.4) is 0 Å². The quantitative estimate of drug-likeness (QED) is 0.658. The van der Waals surface area contributed by atoms with Crippen molar-refractivity contribution in [2.24, 2.45) is 7.05 Å². The molecule has 0 saturated carbocycles. The van der Waals surface area contributed by atoms with Gasteiger partial charge in [-0.05, 0) is 12.1 Å². The highest BCUT2D eigenvalue weighted by molar-refractivity contribution is 5.78. The fraction of sp³-hybridized carbons (Fsp3) is 0.111. The SMILES string of the molecule is Cn1c(=O)[nH]c(=O)c2c(F)cccc21. The Bertz CT molecular complexity index is 612. The van der Waals surface area contributed by atoms with Crippen molar-refractivity contribution in [3.63, 3.8) is 0 Å². The molecule has 1 aromatic carbocycles. The average molecular weight is 194 g/mol. The Morgan fingerprint density at radius 2 is 2.07 bits per heavy atom. The van der Waals surface area contributed by atoms with Crippen LogP contribution in [0.25, 0.3) is 10.9 Å². The molecule has 0 aliphatic rings. The van der Waals surface area contributed by atoms with Gasteiger partial charge in [-0.15, -0.1) is 0 Å². The molecule has 0 fully saturated rings. The monoisotopic (exact) mass is 194 g/mol. The largest absolute Gasteiger partial charge is 0.328 e. The summed E-state index contributed by atoms with van der Waals surface area (Å²) < 4.78 is 14.4. The summed E-state index contributed by atoms with van der Waals surface area (Å²) in [6.45, 7) is 0. The topological polar surface area (TPSA) is 54.9 Å². The molecule has 5 heteroatoms. The molecule has 14 heavy (non-hydrogen) atoms. The van der Waals surface area contributed by atoms with Crippen LogP contribution in [0.4, 0.5) is 4.39 Å². The van der Waals surface area contributed by atoms with Gasteiger partial charge >= 0.3 is 5.69 Å². The highest BCUT2D eigenvalue weighted by atomic mass is 19.1. The van der Waals surface area contributed by atoms with Gasteiger partial charge in [-0.25, -0.2) is 9.18 Å². The van der Waals surface area contributed by atoms with Crippen LogP contribution >= 0.6 is 0 Å². The Labute approximate surface area is 77.6 Å². The van der Waals surface area contributed by atoms with E-state index in [1.807, 2.05) is 4.98 Å². The summed E-state index contributed by atoms with van der Waals surface area (Å²) in [5.41, 5.74) is -0.951. The van der Waals surface area contributed by atoms with Gasteiger partial charge in [0.1, 0.15) is 5.82 Å². The smallest absolute Gasteiger partial charge is 0.296 e. The van der Waals surface area contributed by atoms with Crippen molar-refractivity contribution in [3.8, 4) is 0 Å². The van der Waals surface area contributed by atoms with Gasteiger partial charge in [-0.3, -0.25) is 14.3 Å². The summed E-state index contributed by atoms with van der Waals surface area (Å²) in [5.74, 6) is -0.626. The van der Waals surface area contributed by atoms with Crippen LogP contribution in [0.15, 0.2) is 27.8 Å². The van der Waals surface area contributed by atoms with Crippen molar-refractivity contribution in [3.05, 3.63) is 44.9 Å². The molecule has 0 unspecified atom stereocenters. The van der Waals surface area contributed by atoms with E-state index < -0.39 is 17.1 Å². The van der Waals surface area contributed by atoms with Crippen LogP contribution in [0.1, 0.15) is 0 Å². The number of hydrogen-bond donors (Lipinski definition) is 1. The lowest BCUT2D eigenvalue weighted by Crippen LogP contribution is -2.28. The van der Waals surface area contributed by atoms with E-state index in [0.717, 1.165) is 0 Å². The molecule has 2 aromatic rings. The zero-order valence-corrected chi connectivity index (χ0v) is 7.37. The second-order valence-corrected chi connectivity index (χ2v) is 2.95. The van der Waals surface area contributed by atoms with E-state index in [1.54, 1.807) is 0 Å². The molecule has 0 atom stereocenters. The first-order valence-corrected chi connectivity index (χ1v) is 3.99. The molecule has 2 rings (SSSR count). The van der Waals surface area contributed by atoms with Gasteiger partial charge in [0.2, 0.25) is 0 Å². The number of hydrogen-bond acceptors (Lipinski definition) is 2. The number of nitrogens with one attached hydrogen (secondary N) is 1. The summed E-state index contributed by atoms with van der Waals surface area (Å²) in [6, 6.07) is 4.16. The van der Waals surface area contributed by atoms with Crippen molar-refractivity contribution in [2.45, 2.75) is 0 Å². The van der Waals surface area contributed by atoms with E-state index in [4.69, 9.17) is 0 Å². The number of H-pyrrole nitrogens is 1. The molecule has 4 nitrogen and oxygen atoms in total. The zero-order valence-electron chi connectivity index (χ0n) is 7.37. The summed E-state index contributed by atoms with van der Waals surface area (Å²) in [5, 5.41) is -0.0883. The Hall–Kier alpha value is -1.91. The minimum Gasteiger partial charge on any atom is -0.296 e. The third-order valence-corrected chi connectivity index (χ3v) is 2.11. The van der Waals surface area contributed by atoms with Gasteiger partial charge in [0.15, 0.2) is 0 Å². The van der Waals surface area contributed by atoms with Gasteiger partial charge < -0.3 is 0 Å². The van der Waals surface area contributed by atoms with Crippen LogP contribution in [0.2, 0.25) is 0 Å². The van der Waals surface area contributed by atoms with Crippen LogP contribution in [-0.4, -0.2) is 9.55 Å². The van der Waals surface area contributed by atoms with E-state index in [9.17, 15) is 14.0 Å². The first-order chi connectivity index (χ1) is 6.61. The number of benzene rings is 1. The van der Waals surface area contributed by atoms with Crippen molar-refractivity contribution >= 4 is 10.9 Å². The van der Waals surface area contributed by atoms with E-state index in [2.05, 4.69) is 0 Å². The lowest BCUT2D eigenvalue weighted by molar-refractivity contribution is 0.636. The average Bonchev–Trinajstić information content (AvgIpc) is 2.14. The molecule has 1 aromatic heterocycles. The maximum absolute atomic E-state index is 13.2. The molecule has 0 amide bonds. The summed E-state index contributed by atoms with van der Waals surface area (Å²) >= 11 is 0. The lowest BCUT2D eigenvalue weighted by atomic mass is 10.2. The molecular formula is C9H7FN2O2. The molecular weight excluding hydrogens is 187 g/mol. The van der Waals surface area contributed by atoms with Crippen molar-refractivity contribution < 1.29 is 4.39 Å². The molecule has 0 radical (unpaired) electrons. The Morgan fingerprint density at radius 1 is 1.36 bits per heavy atom. The summed E-state index contributed by atoms with van der Waals surface area (Å²) in [7, 11) is 1.47. The molecule has 0 aliphatic heterocycles. The molecule has 1 heterocycles. The normalized spacial score (nSPS) is 10.7. The minimum absolute atomic E-state index is 0.0883. The lowest BCUT2D eigenvalue weighted by Gasteiger charge is -2.02. The molecule has 0 bridgehead atoms. The number of fused-ring (bicyclic) bond motifs is 1. The molecule has 0 spiro atoms. The van der Waals surface area contributed by atoms with Gasteiger partial charge in [0.25, 0.3) is 5.56 Å². The molecule has 0 saturated heterocycles. The Balaban J connectivity index is 3.18.